The number of likely N-dealkylation sites (N-methyl/N-ethyl adjacent to an activating group) is 2. The minimum Gasteiger partial charge on any atom is -0.476 e. The highest BCUT2D eigenvalue weighted by molar-refractivity contribution is 5.85. The average Bonchev–Trinajstić information content (AvgIpc) is 2.66. The fourth-order valence-electron chi connectivity index (χ4n) is 1.07. The van der Waals surface area contributed by atoms with E-state index in [0.717, 1.165) is 6.26 Å². The van der Waals surface area contributed by atoms with Crippen molar-refractivity contribution in [2.45, 2.75) is 6.92 Å². The third-order valence-electron chi connectivity index (χ3n) is 1.79. The molecule has 0 atom stereocenters. The molecule has 0 aliphatic heterocycles. The third kappa shape index (κ3) is 2.97. The standard InChI is InChI=1S/C9H13N3O4/c1-3-10-7(13)4-12(2)9-11-6(5-16-9)8(14)15/h5H,3-4H2,1-2H3,(H,10,13)(H,14,15). The van der Waals surface area contributed by atoms with Gasteiger partial charge < -0.3 is 19.7 Å². The number of aromatic carboxylic acids is 1. The summed E-state index contributed by atoms with van der Waals surface area (Å²) >= 11 is 0. The minimum atomic E-state index is -1.17. The van der Waals surface area contributed by atoms with Gasteiger partial charge in [0.1, 0.15) is 12.8 Å². The van der Waals surface area contributed by atoms with Crippen LogP contribution in [0.25, 0.3) is 0 Å². The lowest BCUT2D eigenvalue weighted by molar-refractivity contribution is -0.119. The van der Waals surface area contributed by atoms with Crippen LogP contribution in [0.5, 0.6) is 0 Å². The van der Waals surface area contributed by atoms with E-state index in [2.05, 4.69) is 10.3 Å². The zero-order valence-corrected chi connectivity index (χ0v) is 9.06. The molecule has 0 bridgehead atoms. The van der Waals surface area contributed by atoms with Crippen LogP contribution in [-0.2, 0) is 4.79 Å². The number of hydrogen-bond donors (Lipinski definition) is 2. The molecule has 1 aromatic rings. The van der Waals surface area contributed by atoms with Gasteiger partial charge in [-0.3, -0.25) is 4.79 Å². The van der Waals surface area contributed by atoms with Gasteiger partial charge in [-0.05, 0) is 6.92 Å². The van der Waals surface area contributed by atoms with Crippen molar-refractivity contribution < 1.29 is 19.1 Å². The summed E-state index contributed by atoms with van der Waals surface area (Å²) in [6, 6.07) is 0.101. The van der Waals surface area contributed by atoms with E-state index in [1.54, 1.807) is 7.05 Å². The van der Waals surface area contributed by atoms with Crippen LogP contribution in [0.3, 0.4) is 0 Å². The Morgan fingerprint density at radius 2 is 2.31 bits per heavy atom. The summed E-state index contributed by atoms with van der Waals surface area (Å²) in [6.07, 6.45) is 1.03. The lowest BCUT2D eigenvalue weighted by Crippen LogP contribution is -2.35. The van der Waals surface area contributed by atoms with Gasteiger partial charge in [-0.1, -0.05) is 0 Å². The third-order valence-corrected chi connectivity index (χ3v) is 1.79. The van der Waals surface area contributed by atoms with Crippen LogP contribution < -0.4 is 10.2 Å². The highest BCUT2D eigenvalue weighted by Crippen LogP contribution is 2.11. The zero-order chi connectivity index (χ0) is 12.1. The van der Waals surface area contributed by atoms with E-state index in [0.29, 0.717) is 6.54 Å². The van der Waals surface area contributed by atoms with Crippen LogP contribution in [0.2, 0.25) is 0 Å². The van der Waals surface area contributed by atoms with Gasteiger partial charge in [0.05, 0.1) is 0 Å². The molecule has 0 spiro atoms. The Hall–Kier alpha value is -2.05. The van der Waals surface area contributed by atoms with Crippen LogP contribution >= 0.6 is 0 Å². The van der Waals surface area contributed by atoms with Crippen molar-refractivity contribution in [1.82, 2.24) is 10.3 Å². The topological polar surface area (TPSA) is 95.7 Å². The summed E-state index contributed by atoms with van der Waals surface area (Å²) in [5.74, 6) is -1.35. The first kappa shape index (κ1) is 12.0. The molecule has 88 valence electrons. The summed E-state index contributed by atoms with van der Waals surface area (Å²) in [6.45, 7) is 2.41. The highest BCUT2D eigenvalue weighted by Gasteiger charge is 2.15. The molecule has 0 aliphatic rings. The number of carboxylic acid groups (broad SMARTS) is 1. The second kappa shape index (κ2) is 5.15. The van der Waals surface area contributed by atoms with Crippen LogP contribution in [0.1, 0.15) is 17.4 Å². The SMILES string of the molecule is CCNC(=O)CN(C)c1nc(C(=O)O)co1. The first-order chi connectivity index (χ1) is 7.54. The molecule has 0 unspecified atom stereocenters. The summed E-state index contributed by atoms with van der Waals surface area (Å²) in [7, 11) is 1.59. The highest BCUT2D eigenvalue weighted by atomic mass is 16.4. The normalized spacial score (nSPS) is 9.88. The molecule has 1 heterocycles. The molecule has 1 rings (SSSR count). The van der Waals surface area contributed by atoms with Crippen LogP contribution in [0, 0.1) is 0 Å². The molecule has 0 saturated carbocycles. The van der Waals surface area contributed by atoms with Gasteiger partial charge in [0, 0.05) is 13.6 Å². The number of carbonyl (C=O) groups excluding carboxylic acids is 1. The summed E-state index contributed by atoms with van der Waals surface area (Å²) in [5, 5.41) is 11.2. The molecule has 0 radical (unpaired) electrons. The first-order valence-corrected chi connectivity index (χ1v) is 4.71. The minimum absolute atomic E-state index is 0.0629. The first-order valence-electron chi connectivity index (χ1n) is 4.71. The van der Waals surface area contributed by atoms with E-state index < -0.39 is 5.97 Å². The maximum Gasteiger partial charge on any atom is 0.357 e. The number of nitrogens with one attached hydrogen (secondary N) is 1. The van der Waals surface area contributed by atoms with E-state index in [1.807, 2.05) is 6.92 Å². The van der Waals surface area contributed by atoms with Gasteiger partial charge in [-0.25, -0.2) is 4.79 Å². The molecule has 7 nitrogen and oxygen atoms in total. The van der Waals surface area contributed by atoms with Gasteiger partial charge in [-0.15, -0.1) is 0 Å². The van der Waals surface area contributed by atoms with Crippen molar-refractivity contribution in [2.75, 3.05) is 25.0 Å². The average molecular weight is 227 g/mol. The molecule has 1 aromatic heterocycles. The molecule has 7 heteroatoms. The Bertz CT molecular complexity index is 388. The quantitative estimate of drug-likeness (QED) is 0.731. The Balaban J connectivity index is 2.62. The van der Waals surface area contributed by atoms with Crippen molar-refractivity contribution >= 4 is 17.9 Å². The molecule has 0 fully saturated rings. The summed E-state index contributed by atoms with van der Waals surface area (Å²) in [5.41, 5.74) is -0.183. The fourth-order valence-corrected chi connectivity index (χ4v) is 1.07. The Labute approximate surface area is 92.1 Å². The van der Waals surface area contributed by atoms with Crippen molar-refractivity contribution in [3.05, 3.63) is 12.0 Å². The van der Waals surface area contributed by atoms with Gasteiger partial charge in [0.25, 0.3) is 6.01 Å². The van der Waals surface area contributed by atoms with Crippen molar-refractivity contribution in [3.8, 4) is 0 Å². The number of amides is 1. The second-order valence-electron chi connectivity index (χ2n) is 3.13. The molecule has 0 saturated heterocycles. The maximum atomic E-state index is 11.2. The van der Waals surface area contributed by atoms with Crippen molar-refractivity contribution in [2.24, 2.45) is 0 Å². The number of nitrogens with zero attached hydrogens (tertiary/aromatic N) is 2. The largest absolute Gasteiger partial charge is 0.476 e. The van der Waals surface area contributed by atoms with Crippen LogP contribution in [-0.4, -0.2) is 42.1 Å². The summed E-state index contributed by atoms with van der Waals surface area (Å²) in [4.78, 5) is 26.9. The number of hydrogen-bond acceptors (Lipinski definition) is 5. The molecular formula is C9H13N3O4. The number of carboxylic acids is 1. The van der Waals surface area contributed by atoms with E-state index in [1.165, 1.54) is 4.90 Å². The van der Waals surface area contributed by atoms with Gasteiger partial charge in [-0.2, -0.15) is 4.98 Å². The smallest absolute Gasteiger partial charge is 0.357 e. The van der Waals surface area contributed by atoms with Gasteiger partial charge in [0.2, 0.25) is 5.91 Å². The lowest BCUT2D eigenvalue weighted by atomic mass is 10.5. The number of aromatic nitrogens is 1. The summed E-state index contributed by atoms with van der Waals surface area (Å²) < 4.78 is 4.92. The second-order valence-corrected chi connectivity index (χ2v) is 3.13. The van der Waals surface area contributed by atoms with Crippen molar-refractivity contribution in [1.29, 1.82) is 0 Å². The molecule has 2 N–H and O–H groups in total. The Morgan fingerprint density at radius 3 is 2.81 bits per heavy atom. The molecule has 0 aliphatic carbocycles. The monoisotopic (exact) mass is 227 g/mol. The van der Waals surface area contributed by atoms with E-state index in [-0.39, 0.29) is 24.2 Å². The molecular weight excluding hydrogens is 214 g/mol. The van der Waals surface area contributed by atoms with Crippen LogP contribution in [0.4, 0.5) is 6.01 Å². The fraction of sp³-hybridized carbons (Fsp3) is 0.444. The molecule has 16 heavy (non-hydrogen) atoms. The predicted octanol–water partition coefficient (Wildman–Crippen LogP) is -0.0549. The number of oxazole rings is 1. The number of anilines is 1. The van der Waals surface area contributed by atoms with E-state index in [9.17, 15) is 9.59 Å². The lowest BCUT2D eigenvalue weighted by Gasteiger charge is -2.13. The Kier molecular flexibility index (Phi) is 3.87. The molecule has 1 amide bonds. The van der Waals surface area contributed by atoms with Gasteiger partial charge in [0.15, 0.2) is 5.69 Å². The van der Waals surface area contributed by atoms with Crippen LogP contribution in [0.15, 0.2) is 10.7 Å². The number of rotatable bonds is 5. The van der Waals surface area contributed by atoms with E-state index in [4.69, 9.17) is 9.52 Å². The van der Waals surface area contributed by atoms with Crippen molar-refractivity contribution in [3.63, 3.8) is 0 Å². The Morgan fingerprint density at radius 1 is 1.62 bits per heavy atom. The zero-order valence-electron chi connectivity index (χ0n) is 9.06. The van der Waals surface area contributed by atoms with E-state index >= 15 is 0 Å². The maximum absolute atomic E-state index is 11.2. The van der Waals surface area contributed by atoms with Gasteiger partial charge >= 0.3 is 5.97 Å². The molecule has 0 aromatic carbocycles. The number of carbonyl (C=O) groups is 2. The predicted molar refractivity (Wildman–Crippen MR) is 55.4 cm³/mol.